The normalized spacial score (nSPS) is 19.4. The van der Waals surface area contributed by atoms with Crippen molar-refractivity contribution in [3.63, 3.8) is 0 Å². The molecule has 2 aliphatic rings. The molecule has 0 aromatic heterocycles. The van der Waals surface area contributed by atoms with Crippen molar-refractivity contribution in [3.05, 3.63) is 60.4 Å². The Morgan fingerprint density at radius 3 is 2.41 bits per heavy atom. The second-order valence-electron chi connectivity index (χ2n) is 8.57. The molecule has 0 radical (unpaired) electrons. The molecule has 0 spiro atoms. The first kappa shape index (κ1) is 24.2. The quantitative estimate of drug-likeness (QED) is 0.573. The molecule has 2 saturated heterocycles. The molecule has 2 aromatic rings. The maximum Gasteiger partial charge on any atom is 0.227 e. The number of piperazine rings is 1. The number of carbonyl (C=O) groups excluding carboxylic acids is 2. The van der Waals surface area contributed by atoms with Gasteiger partial charge in [-0.2, -0.15) is 4.31 Å². The Balaban J connectivity index is 1.20. The number of carbonyl (C=O) groups is 2. The van der Waals surface area contributed by atoms with Gasteiger partial charge in [-0.05, 0) is 36.8 Å². The fourth-order valence-electron chi connectivity index (χ4n) is 4.38. The fraction of sp³-hybridized carbons (Fsp3) is 0.417. The van der Waals surface area contributed by atoms with E-state index in [1.54, 1.807) is 6.07 Å². The van der Waals surface area contributed by atoms with Gasteiger partial charge in [0.2, 0.25) is 21.8 Å². The van der Waals surface area contributed by atoms with Crippen molar-refractivity contribution in [2.45, 2.75) is 12.8 Å². The van der Waals surface area contributed by atoms with Gasteiger partial charge in [0.25, 0.3) is 0 Å². The number of hydrogen-bond acceptors (Lipinski definition) is 5. The Hall–Kier alpha value is -2.98. The minimum absolute atomic E-state index is 0.0440. The third-order valence-corrected chi connectivity index (χ3v) is 8.20. The topological polar surface area (TPSA) is 90.0 Å². The van der Waals surface area contributed by atoms with E-state index in [4.69, 9.17) is 0 Å². The number of nitrogens with one attached hydrogen (secondary N) is 1. The largest absolute Gasteiger partial charge is 0.369 e. The van der Waals surface area contributed by atoms with E-state index in [1.165, 1.54) is 27.4 Å². The average Bonchev–Trinajstić information content (AvgIpc) is 3.24. The second-order valence-corrected chi connectivity index (χ2v) is 10.7. The molecule has 2 aromatic carbocycles. The molecule has 2 heterocycles. The van der Waals surface area contributed by atoms with Gasteiger partial charge in [0.05, 0.1) is 11.7 Å². The monoisotopic (exact) mass is 488 g/mol. The lowest BCUT2D eigenvalue weighted by Gasteiger charge is -2.35. The molecular formula is C24H29FN4O4S. The molecule has 1 N–H and O–H groups in total. The molecule has 1 atom stereocenters. The molecule has 2 fully saturated rings. The highest BCUT2D eigenvalue weighted by molar-refractivity contribution is 7.89. The zero-order valence-corrected chi connectivity index (χ0v) is 19.7. The summed E-state index contributed by atoms with van der Waals surface area (Å²) in [6, 6.07) is 15.6. The van der Waals surface area contributed by atoms with Crippen molar-refractivity contribution >= 4 is 33.2 Å². The molecule has 2 aliphatic heterocycles. The first-order valence-electron chi connectivity index (χ1n) is 11.4. The van der Waals surface area contributed by atoms with E-state index in [0.717, 1.165) is 5.69 Å². The number of halogens is 1. The van der Waals surface area contributed by atoms with Gasteiger partial charge in [-0.1, -0.05) is 24.3 Å². The number of hydrogen-bond donors (Lipinski definition) is 1. The van der Waals surface area contributed by atoms with Crippen molar-refractivity contribution < 1.29 is 22.4 Å². The van der Waals surface area contributed by atoms with Gasteiger partial charge in [0.15, 0.2) is 0 Å². The van der Waals surface area contributed by atoms with Gasteiger partial charge in [-0.15, -0.1) is 0 Å². The molecule has 1 unspecified atom stereocenters. The summed E-state index contributed by atoms with van der Waals surface area (Å²) in [5.41, 5.74) is 1.52. The highest BCUT2D eigenvalue weighted by Crippen LogP contribution is 2.25. The number of benzene rings is 2. The van der Waals surface area contributed by atoms with Gasteiger partial charge >= 0.3 is 0 Å². The van der Waals surface area contributed by atoms with E-state index in [2.05, 4.69) is 10.2 Å². The minimum atomic E-state index is -3.41. The van der Waals surface area contributed by atoms with E-state index < -0.39 is 21.8 Å². The standard InChI is InChI=1S/C24H29FN4O4S/c25-20-6-4-9-22(17-20)29-18-19(16-23(29)30)24(31)26-10-5-15-34(32,33)28-13-11-27(12-14-28)21-7-2-1-3-8-21/h1-4,6-9,17,19H,5,10-16,18H2,(H,26,31). The van der Waals surface area contributed by atoms with Crippen molar-refractivity contribution in [2.24, 2.45) is 5.92 Å². The van der Waals surface area contributed by atoms with Gasteiger partial charge in [-0.25, -0.2) is 12.8 Å². The zero-order chi connectivity index (χ0) is 24.1. The average molecular weight is 489 g/mol. The van der Waals surface area contributed by atoms with Crippen LogP contribution in [0.1, 0.15) is 12.8 Å². The molecule has 0 saturated carbocycles. The number of para-hydroxylation sites is 1. The third-order valence-electron chi connectivity index (χ3n) is 6.25. The number of nitrogens with zero attached hydrogens (tertiary/aromatic N) is 3. The first-order valence-corrected chi connectivity index (χ1v) is 13.1. The molecule has 10 heteroatoms. The van der Waals surface area contributed by atoms with Crippen LogP contribution >= 0.6 is 0 Å². The van der Waals surface area contributed by atoms with Gasteiger partial charge in [0, 0.05) is 57.1 Å². The van der Waals surface area contributed by atoms with Crippen LogP contribution in [-0.4, -0.2) is 69.6 Å². The smallest absolute Gasteiger partial charge is 0.227 e. The van der Waals surface area contributed by atoms with Crippen LogP contribution in [0.5, 0.6) is 0 Å². The van der Waals surface area contributed by atoms with Crippen molar-refractivity contribution in [3.8, 4) is 0 Å². The van der Waals surface area contributed by atoms with Crippen molar-refractivity contribution in [1.82, 2.24) is 9.62 Å². The minimum Gasteiger partial charge on any atom is -0.369 e. The Morgan fingerprint density at radius 1 is 1.00 bits per heavy atom. The highest BCUT2D eigenvalue weighted by atomic mass is 32.2. The molecule has 0 bridgehead atoms. The zero-order valence-electron chi connectivity index (χ0n) is 18.9. The van der Waals surface area contributed by atoms with E-state index in [0.29, 0.717) is 38.3 Å². The van der Waals surface area contributed by atoms with Crippen LogP contribution < -0.4 is 15.1 Å². The molecular weight excluding hydrogens is 459 g/mol. The summed E-state index contributed by atoms with van der Waals surface area (Å²) in [7, 11) is -3.41. The Kier molecular flexibility index (Phi) is 7.47. The number of anilines is 2. The van der Waals surface area contributed by atoms with Gasteiger partial charge < -0.3 is 15.1 Å². The number of rotatable bonds is 8. The lowest BCUT2D eigenvalue weighted by atomic mass is 10.1. The molecule has 34 heavy (non-hydrogen) atoms. The van der Waals surface area contributed by atoms with Crippen LogP contribution in [0.15, 0.2) is 54.6 Å². The summed E-state index contributed by atoms with van der Waals surface area (Å²) in [5, 5.41) is 2.75. The van der Waals surface area contributed by atoms with Crippen LogP contribution in [0.2, 0.25) is 0 Å². The van der Waals surface area contributed by atoms with Crippen LogP contribution in [0.25, 0.3) is 0 Å². The summed E-state index contributed by atoms with van der Waals surface area (Å²) in [6.45, 7) is 2.53. The van der Waals surface area contributed by atoms with Gasteiger partial charge in [0.1, 0.15) is 5.82 Å². The van der Waals surface area contributed by atoms with Gasteiger partial charge in [-0.3, -0.25) is 9.59 Å². The SMILES string of the molecule is O=C(NCCCS(=O)(=O)N1CCN(c2ccccc2)CC1)C1CC(=O)N(c2cccc(F)c2)C1. The molecule has 2 amide bonds. The van der Waals surface area contributed by atoms with E-state index in [9.17, 15) is 22.4 Å². The lowest BCUT2D eigenvalue weighted by Crippen LogP contribution is -2.49. The second kappa shape index (κ2) is 10.5. The van der Waals surface area contributed by atoms with Crippen LogP contribution in [-0.2, 0) is 19.6 Å². The fourth-order valence-corrected chi connectivity index (χ4v) is 5.87. The summed E-state index contributed by atoms with van der Waals surface area (Å²) < 4.78 is 40.4. The molecule has 0 aliphatic carbocycles. The Bertz CT molecular complexity index is 1120. The Labute approximate surface area is 199 Å². The van der Waals surface area contributed by atoms with Crippen LogP contribution in [0, 0.1) is 11.7 Å². The van der Waals surface area contributed by atoms with Crippen molar-refractivity contribution in [2.75, 3.05) is 54.8 Å². The van der Waals surface area contributed by atoms with Crippen molar-refractivity contribution in [1.29, 1.82) is 0 Å². The Morgan fingerprint density at radius 2 is 1.71 bits per heavy atom. The van der Waals surface area contributed by atoms with Crippen LogP contribution in [0.3, 0.4) is 0 Å². The number of amides is 2. The highest BCUT2D eigenvalue weighted by Gasteiger charge is 2.35. The maximum atomic E-state index is 13.5. The van der Waals surface area contributed by atoms with E-state index >= 15 is 0 Å². The predicted molar refractivity (Wildman–Crippen MR) is 129 cm³/mol. The molecule has 4 rings (SSSR count). The van der Waals surface area contributed by atoms with E-state index in [1.807, 2.05) is 30.3 Å². The summed E-state index contributed by atoms with van der Waals surface area (Å²) in [4.78, 5) is 28.4. The number of sulfonamides is 1. The van der Waals surface area contributed by atoms with Crippen LogP contribution in [0.4, 0.5) is 15.8 Å². The predicted octanol–water partition coefficient (Wildman–Crippen LogP) is 1.84. The molecule has 182 valence electrons. The van der Waals surface area contributed by atoms with E-state index in [-0.39, 0.29) is 37.1 Å². The molecule has 8 nitrogen and oxygen atoms in total. The summed E-state index contributed by atoms with van der Waals surface area (Å²) in [6.07, 6.45) is 0.341. The third kappa shape index (κ3) is 5.74. The first-order chi connectivity index (χ1) is 16.3. The lowest BCUT2D eigenvalue weighted by molar-refractivity contribution is -0.126. The maximum absolute atomic E-state index is 13.5. The summed E-state index contributed by atoms with van der Waals surface area (Å²) in [5.74, 6) is -1.55. The summed E-state index contributed by atoms with van der Waals surface area (Å²) >= 11 is 0.